The first-order valence-corrected chi connectivity index (χ1v) is 7.24. The van der Waals surface area contributed by atoms with Crippen LogP contribution in [0.5, 0.6) is 0 Å². The topological polar surface area (TPSA) is 12.9 Å². The molecule has 0 bridgehead atoms. The van der Waals surface area contributed by atoms with Gasteiger partial charge in [0.15, 0.2) is 0 Å². The van der Waals surface area contributed by atoms with Gasteiger partial charge in [0.1, 0.15) is 0 Å². The summed E-state index contributed by atoms with van der Waals surface area (Å²) >= 11 is 13.4. The van der Waals surface area contributed by atoms with Crippen LogP contribution >= 0.6 is 50.1 Å². The van der Waals surface area contributed by atoms with E-state index in [9.17, 15) is 0 Å². The molecule has 0 saturated heterocycles. The van der Waals surface area contributed by atoms with Gasteiger partial charge < -0.3 is 0 Å². The first-order chi connectivity index (χ1) is 6.59. The Morgan fingerprint density at radius 3 is 2.86 bits per heavy atom. The summed E-state index contributed by atoms with van der Waals surface area (Å²) in [5.74, 6) is 0. The molecule has 2 rings (SSSR count). The minimum atomic E-state index is 0.743. The quantitative estimate of drug-likeness (QED) is 0.346. The first kappa shape index (κ1) is 11.2. The van der Waals surface area contributed by atoms with Crippen molar-refractivity contribution in [2.45, 2.75) is 0 Å². The van der Waals surface area contributed by atoms with Crippen LogP contribution < -0.4 is 4.48 Å². The molecule has 1 atom stereocenters. The first-order valence-electron chi connectivity index (χ1n) is 3.78. The second-order valence-corrected chi connectivity index (χ2v) is 6.39. The van der Waals surface area contributed by atoms with Crippen LogP contribution in [0.25, 0.3) is 10.8 Å². The van der Waals surface area contributed by atoms with Crippen molar-refractivity contribution in [2.24, 2.45) is 0 Å². The normalized spacial score (nSPS) is 10.9. The van der Waals surface area contributed by atoms with Crippen molar-refractivity contribution in [3.05, 3.63) is 31.4 Å². The fraction of sp³-hybridized carbons (Fsp3) is 0. The summed E-state index contributed by atoms with van der Waals surface area (Å²) in [5.41, 5.74) is 0. The summed E-state index contributed by atoms with van der Waals surface area (Å²) < 4.78 is 3.14. The molecule has 5 heteroatoms. The van der Waals surface area contributed by atoms with Gasteiger partial charge >= 0.3 is 119 Å². The SMILES string of the molecule is Clc1c(Br)c(I)cc2cc([AsH2])ncc12. The summed E-state index contributed by atoms with van der Waals surface area (Å²) in [6, 6.07) is 4.17. The predicted molar refractivity (Wildman–Crippen MR) is 75.3 cm³/mol. The van der Waals surface area contributed by atoms with Crippen molar-refractivity contribution in [3.63, 3.8) is 0 Å². The molecule has 1 heterocycles. The third kappa shape index (κ3) is 1.97. The zero-order valence-electron chi connectivity index (χ0n) is 6.89. The van der Waals surface area contributed by atoms with E-state index in [-0.39, 0.29) is 0 Å². The Balaban J connectivity index is 2.91. The number of hydrogen-bond acceptors (Lipinski definition) is 1. The average Bonchev–Trinajstić information content (AvgIpc) is 2.14. The Morgan fingerprint density at radius 2 is 2.14 bits per heavy atom. The van der Waals surface area contributed by atoms with Crippen LogP contribution in [0.4, 0.5) is 0 Å². The van der Waals surface area contributed by atoms with E-state index in [4.69, 9.17) is 11.6 Å². The molecule has 1 aromatic heterocycles. The maximum absolute atomic E-state index is 6.20. The Morgan fingerprint density at radius 1 is 1.43 bits per heavy atom. The van der Waals surface area contributed by atoms with Crippen LogP contribution in [0.2, 0.25) is 5.02 Å². The number of benzene rings is 1. The molecule has 0 aliphatic rings. The van der Waals surface area contributed by atoms with Crippen LogP contribution in [-0.4, -0.2) is 21.8 Å². The fourth-order valence-corrected chi connectivity index (χ4v) is 3.10. The van der Waals surface area contributed by atoms with Gasteiger partial charge in [0.2, 0.25) is 0 Å². The van der Waals surface area contributed by atoms with Gasteiger partial charge in [-0.05, 0) is 0 Å². The standard InChI is InChI=1S/C9H5AsBrClIN/c10-7-2-4-1-6(13)8(11)9(12)5(4)3-14-7/h1-3H,10H2. The van der Waals surface area contributed by atoms with E-state index in [1.807, 2.05) is 6.20 Å². The van der Waals surface area contributed by atoms with Crippen LogP contribution in [-0.2, 0) is 0 Å². The fourth-order valence-electron chi connectivity index (χ4n) is 1.21. The van der Waals surface area contributed by atoms with Crippen molar-refractivity contribution in [3.8, 4) is 0 Å². The van der Waals surface area contributed by atoms with Gasteiger partial charge in [0, 0.05) is 0 Å². The predicted octanol–water partition coefficient (Wildman–Crippen LogP) is 2.51. The summed E-state index contributed by atoms with van der Waals surface area (Å²) in [6.45, 7) is 0. The number of halogens is 3. The number of fused-ring (bicyclic) bond motifs is 1. The Bertz CT molecular complexity index is 518. The number of nitrogens with zero attached hydrogens (tertiary/aromatic N) is 1. The maximum atomic E-state index is 6.20. The van der Waals surface area contributed by atoms with Crippen LogP contribution in [0, 0.1) is 3.57 Å². The molecule has 0 spiro atoms. The van der Waals surface area contributed by atoms with Gasteiger partial charge in [0.05, 0.1) is 0 Å². The van der Waals surface area contributed by atoms with E-state index in [1.165, 1.54) is 16.9 Å². The van der Waals surface area contributed by atoms with E-state index >= 15 is 0 Å². The van der Waals surface area contributed by atoms with Gasteiger partial charge in [-0.1, -0.05) is 0 Å². The molecule has 1 nitrogen and oxygen atoms in total. The van der Waals surface area contributed by atoms with E-state index < -0.39 is 0 Å². The van der Waals surface area contributed by atoms with E-state index in [0.717, 1.165) is 28.3 Å². The molecule has 0 N–H and O–H groups in total. The summed E-state index contributed by atoms with van der Waals surface area (Å²) in [7, 11) is 0. The monoisotopic (exact) mass is 443 g/mol. The van der Waals surface area contributed by atoms with Crippen molar-refractivity contribution in [1.82, 2.24) is 4.98 Å². The average molecular weight is 444 g/mol. The molecule has 2 aromatic rings. The second kappa shape index (κ2) is 4.28. The molecule has 0 aliphatic carbocycles. The van der Waals surface area contributed by atoms with Crippen molar-refractivity contribution >= 4 is 82.2 Å². The van der Waals surface area contributed by atoms with Gasteiger partial charge in [-0.25, -0.2) is 0 Å². The number of pyridine rings is 1. The second-order valence-electron chi connectivity index (χ2n) is 2.82. The Kier molecular flexibility index (Phi) is 3.42. The number of rotatable bonds is 0. The van der Waals surface area contributed by atoms with Crippen LogP contribution in [0.3, 0.4) is 0 Å². The molecule has 72 valence electrons. The zero-order valence-corrected chi connectivity index (χ0v) is 13.8. The van der Waals surface area contributed by atoms with Gasteiger partial charge in [-0.3, -0.25) is 0 Å². The van der Waals surface area contributed by atoms with Crippen molar-refractivity contribution in [2.75, 3.05) is 0 Å². The molecule has 14 heavy (non-hydrogen) atoms. The van der Waals surface area contributed by atoms with Gasteiger partial charge in [0.25, 0.3) is 0 Å². The van der Waals surface area contributed by atoms with E-state index in [2.05, 4.69) is 55.6 Å². The van der Waals surface area contributed by atoms with Crippen LogP contribution in [0.15, 0.2) is 22.8 Å². The molecule has 0 fully saturated rings. The third-order valence-corrected chi connectivity index (χ3v) is 5.58. The molecule has 0 saturated carbocycles. The molecule has 0 aliphatic heterocycles. The summed E-state index contributed by atoms with van der Waals surface area (Å²) in [5, 5.41) is 2.89. The molecule has 1 unspecified atom stereocenters. The Labute approximate surface area is 117 Å². The summed E-state index contributed by atoms with van der Waals surface area (Å²) in [4.78, 5) is 4.26. The molecule has 0 radical (unpaired) electrons. The van der Waals surface area contributed by atoms with Crippen molar-refractivity contribution < 1.29 is 0 Å². The molecule has 0 amide bonds. The van der Waals surface area contributed by atoms with Gasteiger partial charge in [-0.2, -0.15) is 0 Å². The molecule has 1 aromatic carbocycles. The van der Waals surface area contributed by atoms with E-state index in [0.29, 0.717) is 0 Å². The summed E-state index contributed by atoms with van der Waals surface area (Å²) in [6.07, 6.45) is 1.83. The van der Waals surface area contributed by atoms with Gasteiger partial charge in [-0.15, -0.1) is 0 Å². The minimum absolute atomic E-state index is 0.743. The molecular weight excluding hydrogens is 439 g/mol. The number of aromatic nitrogens is 1. The van der Waals surface area contributed by atoms with E-state index in [1.54, 1.807) is 0 Å². The third-order valence-electron chi connectivity index (χ3n) is 1.88. The van der Waals surface area contributed by atoms with Crippen LogP contribution in [0.1, 0.15) is 0 Å². The molecular formula is C9H5AsBrClIN. The Hall–Kier alpha value is 0.688. The zero-order chi connectivity index (χ0) is 10.3. The number of hydrogen-bond donors (Lipinski definition) is 0. The van der Waals surface area contributed by atoms with Crippen molar-refractivity contribution in [1.29, 1.82) is 0 Å².